The van der Waals surface area contributed by atoms with Crippen molar-refractivity contribution in [2.24, 2.45) is 41.4 Å². The summed E-state index contributed by atoms with van der Waals surface area (Å²) in [4.78, 5) is 0. The first kappa shape index (κ1) is 22.1. The van der Waals surface area contributed by atoms with Crippen molar-refractivity contribution < 1.29 is 10.2 Å². The number of aliphatic hydroxyl groups excluding tert-OH is 2. The Morgan fingerprint density at radius 3 is 1.31 bits per heavy atom. The van der Waals surface area contributed by atoms with E-state index >= 15 is 0 Å². The third kappa shape index (κ3) is 5.22. The molecule has 6 unspecified atom stereocenters. The standard InChI is InChI=1S/C27H48O2/c1-2-23(24-15-13-21(17-26(24)28)19-9-5-3-6-10-19)25-16-14-22(18-27(25)29)20-11-7-4-8-12-20/h19-29H,2-18H2,1H3. The van der Waals surface area contributed by atoms with E-state index in [4.69, 9.17) is 0 Å². The molecule has 4 aliphatic carbocycles. The first-order valence-corrected chi connectivity index (χ1v) is 13.5. The Kier molecular flexibility index (Phi) is 8.00. The summed E-state index contributed by atoms with van der Waals surface area (Å²) in [6, 6.07) is 0. The summed E-state index contributed by atoms with van der Waals surface area (Å²) < 4.78 is 0. The lowest BCUT2D eigenvalue weighted by molar-refractivity contribution is -0.0618. The minimum Gasteiger partial charge on any atom is -0.393 e. The molecule has 0 spiro atoms. The van der Waals surface area contributed by atoms with E-state index in [1.807, 2.05) is 0 Å². The molecule has 2 N–H and O–H groups in total. The van der Waals surface area contributed by atoms with Crippen molar-refractivity contribution in [3.63, 3.8) is 0 Å². The van der Waals surface area contributed by atoms with Crippen molar-refractivity contribution in [2.45, 2.75) is 128 Å². The SMILES string of the molecule is CCC(C1CCC(C2CCCCC2)CC1O)C1CCC(C2CCCCC2)CC1O. The second-order valence-electron chi connectivity index (χ2n) is 11.5. The van der Waals surface area contributed by atoms with Gasteiger partial charge in [-0.3, -0.25) is 0 Å². The Morgan fingerprint density at radius 2 is 0.966 bits per heavy atom. The van der Waals surface area contributed by atoms with Gasteiger partial charge in [0.15, 0.2) is 0 Å². The molecule has 4 aliphatic rings. The van der Waals surface area contributed by atoms with Gasteiger partial charge in [-0.05, 0) is 80.0 Å². The molecule has 2 nitrogen and oxygen atoms in total. The molecular formula is C27H48O2. The van der Waals surface area contributed by atoms with Crippen LogP contribution in [0.5, 0.6) is 0 Å². The zero-order valence-corrected chi connectivity index (χ0v) is 19.1. The lowest BCUT2D eigenvalue weighted by Crippen LogP contribution is -2.44. The van der Waals surface area contributed by atoms with Gasteiger partial charge in [0.2, 0.25) is 0 Å². The topological polar surface area (TPSA) is 40.5 Å². The average Bonchev–Trinajstić information content (AvgIpc) is 2.77. The van der Waals surface area contributed by atoms with Crippen LogP contribution in [0, 0.1) is 41.4 Å². The molecule has 29 heavy (non-hydrogen) atoms. The average molecular weight is 405 g/mol. The predicted octanol–water partition coefficient (Wildman–Crippen LogP) is 6.73. The van der Waals surface area contributed by atoms with Crippen LogP contribution < -0.4 is 0 Å². The lowest BCUT2D eigenvalue weighted by Gasteiger charge is -2.47. The summed E-state index contributed by atoms with van der Waals surface area (Å²) in [7, 11) is 0. The summed E-state index contributed by atoms with van der Waals surface area (Å²) >= 11 is 0. The fraction of sp³-hybridized carbons (Fsp3) is 1.00. The molecule has 2 heteroatoms. The van der Waals surface area contributed by atoms with Crippen LogP contribution in [0.15, 0.2) is 0 Å². The molecule has 0 aromatic carbocycles. The van der Waals surface area contributed by atoms with Gasteiger partial charge in [-0.15, -0.1) is 0 Å². The minimum atomic E-state index is -0.121. The normalized spacial score (nSPS) is 41.9. The van der Waals surface area contributed by atoms with E-state index < -0.39 is 0 Å². The zero-order chi connectivity index (χ0) is 20.2. The van der Waals surface area contributed by atoms with E-state index in [2.05, 4.69) is 6.92 Å². The van der Waals surface area contributed by atoms with E-state index in [9.17, 15) is 10.2 Å². The van der Waals surface area contributed by atoms with E-state index in [-0.39, 0.29) is 12.2 Å². The van der Waals surface area contributed by atoms with Crippen LogP contribution in [-0.4, -0.2) is 22.4 Å². The minimum absolute atomic E-state index is 0.121. The summed E-state index contributed by atoms with van der Waals surface area (Å²) in [5.74, 6) is 4.71. The molecule has 4 saturated carbocycles. The van der Waals surface area contributed by atoms with Crippen molar-refractivity contribution >= 4 is 0 Å². The molecule has 0 radical (unpaired) electrons. The lowest BCUT2D eigenvalue weighted by atomic mass is 9.61. The van der Waals surface area contributed by atoms with Gasteiger partial charge in [-0.2, -0.15) is 0 Å². The van der Waals surface area contributed by atoms with Crippen molar-refractivity contribution in [1.29, 1.82) is 0 Å². The van der Waals surface area contributed by atoms with Crippen molar-refractivity contribution in [2.75, 3.05) is 0 Å². The van der Waals surface area contributed by atoms with Crippen LogP contribution >= 0.6 is 0 Å². The second kappa shape index (κ2) is 10.5. The zero-order valence-electron chi connectivity index (χ0n) is 19.1. The Morgan fingerprint density at radius 1 is 0.552 bits per heavy atom. The molecule has 4 rings (SSSR count). The fourth-order valence-corrected chi connectivity index (χ4v) is 8.39. The molecular weight excluding hydrogens is 356 g/mol. The summed E-state index contributed by atoms with van der Waals surface area (Å²) in [6.45, 7) is 2.31. The fourth-order valence-electron chi connectivity index (χ4n) is 8.39. The highest BCUT2D eigenvalue weighted by molar-refractivity contribution is 4.93. The van der Waals surface area contributed by atoms with Gasteiger partial charge >= 0.3 is 0 Å². The number of aliphatic hydroxyl groups is 2. The van der Waals surface area contributed by atoms with Crippen LogP contribution in [0.4, 0.5) is 0 Å². The molecule has 0 heterocycles. The molecule has 0 amide bonds. The predicted molar refractivity (Wildman–Crippen MR) is 121 cm³/mol. The van der Waals surface area contributed by atoms with Crippen LogP contribution in [-0.2, 0) is 0 Å². The van der Waals surface area contributed by atoms with Crippen molar-refractivity contribution in [3.05, 3.63) is 0 Å². The number of rotatable bonds is 5. The third-order valence-corrected chi connectivity index (χ3v) is 10.0. The van der Waals surface area contributed by atoms with Gasteiger partial charge in [0.1, 0.15) is 0 Å². The molecule has 0 aliphatic heterocycles. The van der Waals surface area contributed by atoms with Gasteiger partial charge in [0, 0.05) is 0 Å². The summed E-state index contributed by atoms with van der Waals surface area (Å²) in [5.41, 5.74) is 0. The highest BCUT2D eigenvalue weighted by Crippen LogP contribution is 2.48. The van der Waals surface area contributed by atoms with Crippen LogP contribution in [0.2, 0.25) is 0 Å². The molecule has 0 bridgehead atoms. The van der Waals surface area contributed by atoms with E-state index in [1.54, 1.807) is 0 Å². The monoisotopic (exact) mass is 404 g/mol. The molecule has 0 aromatic rings. The third-order valence-electron chi connectivity index (χ3n) is 10.0. The first-order valence-electron chi connectivity index (χ1n) is 13.5. The molecule has 0 saturated heterocycles. The second-order valence-corrected chi connectivity index (χ2v) is 11.5. The largest absolute Gasteiger partial charge is 0.393 e. The molecule has 6 atom stereocenters. The maximum atomic E-state index is 11.2. The molecule has 4 fully saturated rings. The highest BCUT2D eigenvalue weighted by Gasteiger charge is 2.43. The van der Waals surface area contributed by atoms with Crippen LogP contribution in [0.25, 0.3) is 0 Å². The van der Waals surface area contributed by atoms with E-state index in [0.717, 1.165) is 42.9 Å². The first-order chi connectivity index (χ1) is 14.2. The van der Waals surface area contributed by atoms with Gasteiger partial charge in [-0.1, -0.05) is 77.6 Å². The Labute approximate surface area is 180 Å². The summed E-state index contributed by atoms with van der Waals surface area (Å²) in [5, 5.41) is 22.3. The summed E-state index contributed by atoms with van der Waals surface area (Å²) in [6.07, 6.45) is 22.2. The van der Waals surface area contributed by atoms with Crippen molar-refractivity contribution in [3.8, 4) is 0 Å². The number of hydrogen-bond donors (Lipinski definition) is 2. The van der Waals surface area contributed by atoms with Gasteiger partial charge in [-0.25, -0.2) is 0 Å². The van der Waals surface area contributed by atoms with E-state index in [1.165, 1.54) is 89.9 Å². The van der Waals surface area contributed by atoms with Gasteiger partial charge in [0.05, 0.1) is 12.2 Å². The van der Waals surface area contributed by atoms with Gasteiger partial charge in [0.25, 0.3) is 0 Å². The van der Waals surface area contributed by atoms with Crippen LogP contribution in [0.1, 0.15) is 116 Å². The number of hydrogen-bond acceptors (Lipinski definition) is 2. The van der Waals surface area contributed by atoms with Gasteiger partial charge < -0.3 is 10.2 Å². The van der Waals surface area contributed by atoms with Crippen molar-refractivity contribution in [1.82, 2.24) is 0 Å². The molecule has 0 aromatic heterocycles. The molecule has 168 valence electrons. The highest BCUT2D eigenvalue weighted by atomic mass is 16.3. The van der Waals surface area contributed by atoms with Crippen LogP contribution in [0.3, 0.4) is 0 Å². The smallest absolute Gasteiger partial charge is 0.0573 e. The van der Waals surface area contributed by atoms with E-state index in [0.29, 0.717) is 17.8 Å². The quantitative estimate of drug-likeness (QED) is 0.533. The maximum absolute atomic E-state index is 11.2. The Bertz CT molecular complexity index is 437. The maximum Gasteiger partial charge on any atom is 0.0573 e. The Hall–Kier alpha value is -0.0800. The Balaban J connectivity index is 1.32.